The summed E-state index contributed by atoms with van der Waals surface area (Å²) in [5.41, 5.74) is 3.50. The molecule has 1 aromatic heterocycles. The zero-order valence-corrected chi connectivity index (χ0v) is 22.4. The Labute approximate surface area is 236 Å². The second kappa shape index (κ2) is 14.1. The van der Waals surface area contributed by atoms with Gasteiger partial charge >= 0.3 is 11.9 Å². The molecule has 3 aromatic carbocycles. The predicted molar refractivity (Wildman–Crippen MR) is 152 cm³/mol. The molecule has 0 aliphatic heterocycles. The van der Waals surface area contributed by atoms with E-state index in [9.17, 15) is 23.5 Å². The minimum absolute atomic E-state index is 0.0527. The van der Waals surface area contributed by atoms with E-state index in [-0.39, 0.29) is 25.3 Å². The number of hydrogen-bond acceptors (Lipinski definition) is 4. The minimum atomic E-state index is -0.985. The molecule has 0 spiro atoms. The molecule has 0 fully saturated rings. The third-order valence-electron chi connectivity index (χ3n) is 6.47. The molecule has 0 unspecified atom stereocenters. The molecular formula is C32H31F2NO6. The van der Waals surface area contributed by atoms with Gasteiger partial charge in [-0.3, -0.25) is 9.59 Å². The molecule has 0 aliphatic rings. The van der Waals surface area contributed by atoms with E-state index >= 15 is 0 Å². The number of ether oxygens (including phenoxy) is 2. The van der Waals surface area contributed by atoms with Crippen LogP contribution in [0.2, 0.25) is 0 Å². The van der Waals surface area contributed by atoms with E-state index in [1.54, 1.807) is 10.8 Å². The molecule has 0 aliphatic carbocycles. The van der Waals surface area contributed by atoms with Gasteiger partial charge in [0.2, 0.25) is 5.82 Å². The van der Waals surface area contributed by atoms with Gasteiger partial charge in [-0.1, -0.05) is 48.6 Å². The molecular weight excluding hydrogens is 532 g/mol. The summed E-state index contributed by atoms with van der Waals surface area (Å²) in [4.78, 5) is 22.4. The first-order chi connectivity index (χ1) is 19.8. The van der Waals surface area contributed by atoms with Crippen molar-refractivity contribution < 1.29 is 38.1 Å². The highest BCUT2D eigenvalue weighted by atomic mass is 19.2. The van der Waals surface area contributed by atoms with Crippen LogP contribution in [0.1, 0.15) is 42.4 Å². The molecule has 0 amide bonds. The zero-order valence-electron chi connectivity index (χ0n) is 22.4. The van der Waals surface area contributed by atoms with Crippen LogP contribution in [0.4, 0.5) is 8.78 Å². The van der Waals surface area contributed by atoms with Crippen LogP contribution in [0.15, 0.2) is 66.9 Å². The number of unbranched alkanes of at least 4 members (excludes halogenated alkanes) is 1. The molecule has 7 nitrogen and oxygen atoms in total. The summed E-state index contributed by atoms with van der Waals surface area (Å²) in [5.74, 6) is -3.14. The number of fused-ring (bicyclic) bond motifs is 1. The highest BCUT2D eigenvalue weighted by Crippen LogP contribution is 2.28. The highest BCUT2D eigenvalue weighted by Gasteiger charge is 2.14. The van der Waals surface area contributed by atoms with Crippen molar-refractivity contribution in [2.45, 2.75) is 38.6 Å². The van der Waals surface area contributed by atoms with Crippen molar-refractivity contribution in [3.05, 3.63) is 95.2 Å². The van der Waals surface area contributed by atoms with Crippen molar-refractivity contribution in [1.82, 2.24) is 4.57 Å². The lowest BCUT2D eigenvalue weighted by atomic mass is 10.0. The monoisotopic (exact) mass is 563 g/mol. The molecule has 0 bridgehead atoms. The van der Waals surface area contributed by atoms with Crippen molar-refractivity contribution in [1.29, 1.82) is 0 Å². The van der Waals surface area contributed by atoms with Gasteiger partial charge < -0.3 is 24.3 Å². The normalized spacial score (nSPS) is 11.3. The summed E-state index contributed by atoms with van der Waals surface area (Å²) in [7, 11) is 0. The number of aryl methyl sites for hydroxylation is 1. The maximum Gasteiger partial charge on any atom is 0.323 e. The SMILES string of the molecule is O=C(O)CCCc1cn(CC(=O)O)c2c(/C=C/c3ccc(OCCCCOc4cccc(F)c4F)cc3)cccc12. The summed E-state index contributed by atoms with van der Waals surface area (Å²) in [6.45, 7) is 0.502. The Morgan fingerprint density at radius 2 is 1.56 bits per heavy atom. The Morgan fingerprint density at radius 3 is 2.29 bits per heavy atom. The van der Waals surface area contributed by atoms with E-state index < -0.39 is 23.6 Å². The van der Waals surface area contributed by atoms with E-state index in [4.69, 9.17) is 14.6 Å². The van der Waals surface area contributed by atoms with Crippen LogP contribution in [-0.2, 0) is 22.6 Å². The maximum absolute atomic E-state index is 13.6. The van der Waals surface area contributed by atoms with E-state index in [1.165, 1.54) is 12.1 Å². The van der Waals surface area contributed by atoms with Crippen LogP contribution in [0.25, 0.3) is 23.1 Å². The number of carbonyl (C=O) groups is 2. The lowest BCUT2D eigenvalue weighted by Gasteiger charge is -2.09. The van der Waals surface area contributed by atoms with Crippen LogP contribution in [0.5, 0.6) is 11.5 Å². The first kappa shape index (κ1) is 29.3. The minimum Gasteiger partial charge on any atom is -0.494 e. The first-order valence-electron chi connectivity index (χ1n) is 13.3. The molecule has 4 rings (SSSR count). The van der Waals surface area contributed by atoms with Crippen molar-refractivity contribution in [2.75, 3.05) is 13.2 Å². The average Bonchev–Trinajstić information content (AvgIpc) is 3.29. The van der Waals surface area contributed by atoms with Crippen molar-refractivity contribution in [3.63, 3.8) is 0 Å². The smallest absolute Gasteiger partial charge is 0.323 e. The Morgan fingerprint density at radius 1 is 0.829 bits per heavy atom. The number of rotatable bonds is 15. The van der Waals surface area contributed by atoms with Crippen LogP contribution in [0, 0.1) is 11.6 Å². The lowest BCUT2D eigenvalue weighted by Crippen LogP contribution is -2.07. The van der Waals surface area contributed by atoms with Crippen molar-refractivity contribution >= 4 is 35.0 Å². The number of nitrogens with zero attached hydrogens (tertiary/aromatic N) is 1. The van der Waals surface area contributed by atoms with Gasteiger partial charge in [-0.25, -0.2) is 4.39 Å². The standard InChI is InChI=1S/C32H31F2NO6/c33-27-9-5-10-28(31(27)34)41-19-2-1-18-40-25-16-13-22(14-17-25)12-15-23-6-3-8-26-24(7-4-11-29(36)37)20-35(32(23)26)21-30(38)39/h3,5-6,8-10,12-17,20H,1-2,4,7,11,18-19,21H2,(H,36,37)(H,38,39)/b15-12+. The molecule has 41 heavy (non-hydrogen) atoms. The largest absolute Gasteiger partial charge is 0.494 e. The second-order valence-electron chi connectivity index (χ2n) is 9.53. The topological polar surface area (TPSA) is 98.0 Å². The molecule has 4 aromatic rings. The molecule has 1 heterocycles. The fourth-order valence-electron chi connectivity index (χ4n) is 4.53. The average molecular weight is 564 g/mol. The predicted octanol–water partition coefficient (Wildman–Crippen LogP) is 6.82. The number of para-hydroxylation sites is 1. The van der Waals surface area contributed by atoms with Crippen molar-refractivity contribution in [3.8, 4) is 11.5 Å². The number of benzene rings is 3. The van der Waals surface area contributed by atoms with Crippen molar-refractivity contribution in [2.24, 2.45) is 0 Å². The Bertz CT molecular complexity index is 1530. The molecule has 0 saturated heterocycles. The summed E-state index contributed by atoms with van der Waals surface area (Å²) in [6, 6.07) is 17.1. The number of carboxylic acid groups (broad SMARTS) is 2. The van der Waals surface area contributed by atoms with Crippen LogP contribution in [0.3, 0.4) is 0 Å². The quantitative estimate of drug-likeness (QED) is 0.122. The molecule has 9 heteroatoms. The maximum atomic E-state index is 13.6. The van der Waals surface area contributed by atoms with E-state index in [0.29, 0.717) is 38.0 Å². The van der Waals surface area contributed by atoms with Gasteiger partial charge in [-0.05, 0) is 66.6 Å². The van der Waals surface area contributed by atoms with Gasteiger partial charge in [-0.15, -0.1) is 0 Å². The number of halogens is 2. The molecule has 0 atom stereocenters. The van der Waals surface area contributed by atoms with Gasteiger partial charge in [-0.2, -0.15) is 4.39 Å². The fraction of sp³-hybridized carbons (Fsp3) is 0.250. The Balaban J connectivity index is 1.34. The number of carboxylic acids is 2. The van der Waals surface area contributed by atoms with Gasteiger partial charge in [0.15, 0.2) is 11.6 Å². The molecule has 0 saturated carbocycles. The summed E-state index contributed by atoms with van der Waals surface area (Å²) < 4.78 is 39.6. The van der Waals surface area contributed by atoms with Gasteiger partial charge in [0.25, 0.3) is 0 Å². The van der Waals surface area contributed by atoms with Crippen LogP contribution < -0.4 is 9.47 Å². The van der Waals surface area contributed by atoms with E-state index in [0.717, 1.165) is 33.7 Å². The lowest BCUT2D eigenvalue weighted by molar-refractivity contribution is -0.138. The van der Waals surface area contributed by atoms with Crippen LogP contribution in [-0.4, -0.2) is 39.9 Å². The fourth-order valence-corrected chi connectivity index (χ4v) is 4.53. The Hall–Kier alpha value is -4.66. The number of aliphatic carboxylic acids is 2. The van der Waals surface area contributed by atoms with Crippen LogP contribution >= 0.6 is 0 Å². The summed E-state index contributed by atoms with van der Waals surface area (Å²) >= 11 is 0. The van der Waals surface area contributed by atoms with Gasteiger partial charge in [0, 0.05) is 18.0 Å². The third kappa shape index (κ3) is 8.17. The molecule has 2 N–H and O–H groups in total. The van der Waals surface area contributed by atoms with Gasteiger partial charge in [0.05, 0.1) is 18.7 Å². The van der Waals surface area contributed by atoms with E-state index in [1.807, 2.05) is 54.6 Å². The third-order valence-corrected chi connectivity index (χ3v) is 6.47. The molecule has 0 radical (unpaired) electrons. The summed E-state index contributed by atoms with van der Waals surface area (Å²) in [5, 5.41) is 19.3. The van der Waals surface area contributed by atoms with Gasteiger partial charge in [0.1, 0.15) is 12.3 Å². The zero-order chi connectivity index (χ0) is 29.2. The van der Waals surface area contributed by atoms with E-state index in [2.05, 4.69) is 0 Å². The Kier molecular flexibility index (Phi) is 10.1. The molecule has 214 valence electrons. The summed E-state index contributed by atoms with van der Waals surface area (Å²) in [6.07, 6.45) is 8.03. The second-order valence-corrected chi connectivity index (χ2v) is 9.53. The number of hydrogen-bond donors (Lipinski definition) is 2. The highest BCUT2D eigenvalue weighted by molar-refractivity contribution is 5.94. The number of aromatic nitrogens is 1. The first-order valence-corrected chi connectivity index (χ1v) is 13.3.